The van der Waals surface area contributed by atoms with Crippen molar-refractivity contribution in [1.82, 2.24) is 14.8 Å². The predicted molar refractivity (Wildman–Crippen MR) is 101 cm³/mol. The Balaban J connectivity index is 1.95. The summed E-state index contributed by atoms with van der Waals surface area (Å²) in [7, 11) is 1.62. The van der Waals surface area contributed by atoms with Crippen LogP contribution in [0.25, 0.3) is 0 Å². The molecule has 0 saturated carbocycles. The van der Waals surface area contributed by atoms with Gasteiger partial charge < -0.3 is 14.8 Å². The molecule has 8 heteroatoms. The molecular formula is C18H22N4O3S. The molecule has 1 N–H and O–H groups in total. The van der Waals surface area contributed by atoms with E-state index in [4.69, 9.17) is 9.47 Å². The van der Waals surface area contributed by atoms with Gasteiger partial charge in [0.05, 0.1) is 12.7 Å². The quantitative estimate of drug-likeness (QED) is 0.590. The molecule has 1 aliphatic rings. The van der Waals surface area contributed by atoms with Gasteiger partial charge in [-0.3, -0.25) is 0 Å². The van der Waals surface area contributed by atoms with E-state index >= 15 is 0 Å². The highest BCUT2D eigenvalue weighted by molar-refractivity contribution is 7.99. The van der Waals surface area contributed by atoms with E-state index in [0.717, 1.165) is 17.1 Å². The molecule has 138 valence electrons. The molecule has 0 radical (unpaired) electrons. The molecule has 0 saturated heterocycles. The van der Waals surface area contributed by atoms with E-state index in [1.54, 1.807) is 23.6 Å². The van der Waals surface area contributed by atoms with E-state index in [1.807, 2.05) is 31.2 Å². The van der Waals surface area contributed by atoms with Crippen molar-refractivity contribution in [2.45, 2.75) is 19.9 Å². The Hall–Kier alpha value is -2.48. The fourth-order valence-corrected chi connectivity index (χ4v) is 3.38. The Morgan fingerprint density at radius 3 is 3.04 bits per heavy atom. The number of hydrogen-bond donors (Lipinski definition) is 1. The Morgan fingerprint density at radius 1 is 1.42 bits per heavy atom. The van der Waals surface area contributed by atoms with Gasteiger partial charge in [-0.05, 0) is 30.4 Å². The third-order valence-electron chi connectivity index (χ3n) is 4.09. The number of carbonyl (C=O) groups excluding carboxylic acids is 1. The smallest absolute Gasteiger partial charge is 0.338 e. The second-order valence-electron chi connectivity index (χ2n) is 5.70. The van der Waals surface area contributed by atoms with E-state index in [1.165, 1.54) is 6.33 Å². The molecule has 0 bridgehead atoms. The number of aromatic nitrogens is 3. The molecular weight excluding hydrogens is 352 g/mol. The molecule has 0 fully saturated rings. The van der Waals surface area contributed by atoms with E-state index in [0.29, 0.717) is 29.6 Å². The summed E-state index contributed by atoms with van der Waals surface area (Å²) in [6, 6.07) is 7.17. The first-order valence-electron chi connectivity index (χ1n) is 8.41. The van der Waals surface area contributed by atoms with Crippen LogP contribution in [0.3, 0.4) is 0 Å². The van der Waals surface area contributed by atoms with E-state index in [-0.39, 0.29) is 5.97 Å². The van der Waals surface area contributed by atoms with Crippen LogP contribution in [0.15, 0.2) is 41.9 Å². The van der Waals surface area contributed by atoms with Crippen molar-refractivity contribution in [3.8, 4) is 5.75 Å². The second kappa shape index (κ2) is 8.27. The van der Waals surface area contributed by atoms with Gasteiger partial charge in [-0.2, -0.15) is 21.8 Å². The average molecular weight is 374 g/mol. The number of benzene rings is 1. The first kappa shape index (κ1) is 18.3. The van der Waals surface area contributed by atoms with E-state index < -0.39 is 6.04 Å². The minimum Gasteiger partial charge on any atom is -0.497 e. The number of thioether (sulfide) groups is 1. The summed E-state index contributed by atoms with van der Waals surface area (Å²) in [6.07, 6.45) is 1.47. The number of methoxy groups -OCH3 is 1. The number of nitrogens with one attached hydrogen (secondary N) is 1. The zero-order chi connectivity index (χ0) is 18.5. The minimum atomic E-state index is -0.421. The van der Waals surface area contributed by atoms with Crippen molar-refractivity contribution in [1.29, 1.82) is 0 Å². The van der Waals surface area contributed by atoms with Crippen LogP contribution in [0.2, 0.25) is 0 Å². The lowest BCUT2D eigenvalue weighted by Gasteiger charge is -2.28. The van der Waals surface area contributed by atoms with E-state index in [9.17, 15) is 4.79 Å². The number of nitrogens with zero attached hydrogens (tertiary/aromatic N) is 3. The molecule has 1 aliphatic heterocycles. The third-order valence-corrected chi connectivity index (χ3v) is 4.95. The van der Waals surface area contributed by atoms with Crippen LogP contribution in [-0.2, 0) is 9.53 Å². The summed E-state index contributed by atoms with van der Waals surface area (Å²) in [5.74, 6) is 2.73. The summed E-state index contributed by atoms with van der Waals surface area (Å²) in [6.45, 7) is 4.31. The summed E-state index contributed by atoms with van der Waals surface area (Å²) < 4.78 is 12.5. The molecule has 0 amide bonds. The molecule has 2 aromatic rings. The van der Waals surface area contributed by atoms with Gasteiger partial charge in [0.1, 0.15) is 24.7 Å². The number of carbonyl (C=O) groups is 1. The molecule has 3 rings (SSSR count). The van der Waals surface area contributed by atoms with Gasteiger partial charge in [-0.25, -0.2) is 9.48 Å². The fraction of sp³-hybridized carbons (Fsp3) is 0.389. The monoisotopic (exact) mass is 374 g/mol. The average Bonchev–Trinajstić information content (AvgIpc) is 3.11. The number of allylic oxidation sites excluding steroid dienone is 1. The van der Waals surface area contributed by atoms with Crippen LogP contribution in [0, 0.1) is 0 Å². The molecule has 1 aromatic carbocycles. The zero-order valence-corrected chi connectivity index (χ0v) is 15.9. The predicted octanol–water partition coefficient (Wildman–Crippen LogP) is 2.87. The second-order valence-corrected chi connectivity index (χ2v) is 7.10. The standard InChI is InChI=1S/C18H22N4O3S/c1-4-26-9-8-25-17(23)15-12(2)21-18-19-11-20-22(18)16(15)13-6-5-7-14(10-13)24-3/h5-7,10-11,16H,4,8-9H2,1-3H3,(H,19,20,21)/t16-/m0/s1. The number of fused-ring (bicyclic) bond motifs is 1. The van der Waals surface area contributed by atoms with Crippen molar-refractivity contribution < 1.29 is 14.3 Å². The molecule has 0 aliphatic carbocycles. The van der Waals surface area contributed by atoms with Gasteiger partial charge in [0.2, 0.25) is 5.95 Å². The van der Waals surface area contributed by atoms with Crippen molar-refractivity contribution in [3.63, 3.8) is 0 Å². The normalized spacial score (nSPS) is 16.0. The number of esters is 1. The lowest BCUT2D eigenvalue weighted by atomic mass is 9.95. The topological polar surface area (TPSA) is 78.3 Å². The van der Waals surface area contributed by atoms with Crippen molar-refractivity contribution >= 4 is 23.7 Å². The number of hydrogen-bond acceptors (Lipinski definition) is 7. The maximum absolute atomic E-state index is 12.8. The van der Waals surface area contributed by atoms with Gasteiger partial charge in [0, 0.05) is 11.4 Å². The first-order valence-corrected chi connectivity index (χ1v) is 9.57. The molecule has 2 heterocycles. The fourth-order valence-electron chi connectivity index (χ4n) is 2.89. The maximum Gasteiger partial charge on any atom is 0.338 e. The van der Waals surface area contributed by atoms with Crippen LogP contribution in [0.4, 0.5) is 5.95 Å². The van der Waals surface area contributed by atoms with Gasteiger partial charge in [0.15, 0.2) is 0 Å². The molecule has 0 spiro atoms. The minimum absolute atomic E-state index is 0.347. The number of ether oxygens (including phenoxy) is 2. The highest BCUT2D eigenvalue weighted by Crippen LogP contribution is 2.36. The highest BCUT2D eigenvalue weighted by Gasteiger charge is 2.34. The zero-order valence-electron chi connectivity index (χ0n) is 15.1. The van der Waals surface area contributed by atoms with Crippen LogP contribution in [0.5, 0.6) is 5.75 Å². The lowest BCUT2D eigenvalue weighted by molar-refractivity contribution is -0.138. The first-order chi connectivity index (χ1) is 12.7. The molecule has 0 unspecified atom stereocenters. The lowest BCUT2D eigenvalue weighted by Crippen LogP contribution is -2.30. The molecule has 1 aromatic heterocycles. The summed E-state index contributed by atoms with van der Waals surface area (Å²) in [5.41, 5.74) is 2.12. The van der Waals surface area contributed by atoms with Crippen molar-refractivity contribution in [2.75, 3.05) is 30.5 Å². The molecule has 7 nitrogen and oxygen atoms in total. The van der Waals surface area contributed by atoms with Crippen molar-refractivity contribution in [2.24, 2.45) is 0 Å². The van der Waals surface area contributed by atoms with Crippen LogP contribution in [0.1, 0.15) is 25.5 Å². The molecule has 1 atom stereocenters. The van der Waals surface area contributed by atoms with Gasteiger partial charge in [-0.1, -0.05) is 19.1 Å². The van der Waals surface area contributed by atoms with Gasteiger partial charge in [-0.15, -0.1) is 0 Å². The Kier molecular flexibility index (Phi) is 5.82. The Labute approximate surface area is 156 Å². The largest absolute Gasteiger partial charge is 0.497 e. The summed E-state index contributed by atoms with van der Waals surface area (Å²) in [4.78, 5) is 17.0. The summed E-state index contributed by atoms with van der Waals surface area (Å²) in [5, 5.41) is 7.44. The van der Waals surface area contributed by atoms with Crippen LogP contribution >= 0.6 is 11.8 Å². The van der Waals surface area contributed by atoms with Crippen molar-refractivity contribution in [3.05, 3.63) is 47.4 Å². The number of rotatable bonds is 7. The maximum atomic E-state index is 12.8. The SMILES string of the molecule is CCSCCOC(=O)C1=C(C)Nc2ncnn2[C@H]1c1cccc(OC)c1. The molecule has 26 heavy (non-hydrogen) atoms. The summed E-state index contributed by atoms with van der Waals surface area (Å²) >= 11 is 1.74. The van der Waals surface area contributed by atoms with Gasteiger partial charge in [0.25, 0.3) is 0 Å². The number of anilines is 1. The highest BCUT2D eigenvalue weighted by atomic mass is 32.2. The Bertz CT molecular complexity index is 818. The Morgan fingerprint density at radius 2 is 2.27 bits per heavy atom. The third kappa shape index (κ3) is 3.70. The van der Waals surface area contributed by atoms with Gasteiger partial charge >= 0.3 is 5.97 Å². The van der Waals surface area contributed by atoms with E-state index in [2.05, 4.69) is 22.3 Å². The van der Waals surface area contributed by atoms with Crippen LogP contribution < -0.4 is 10.1 Å². The van der Waals surface area contributed by atoms with Crippen LogP contribution in [-0.4, -0.2) is 46.0 Å².